The van der Waals surface area contributed by atoms with E-state index in [1.807, 2.05) is 0 Å². The fraction of sp³-hybridized carbons (Fsp3) is 0.577. The van der Waals surface area contributed by atoms with Crippen LogP contribution in [0.4, 0.5) is 16.2 Å². The Morgan fingerprint density at radius 3 is 2.26 bits per heavy atom. The third kappa shape index (κ3) is 5.21. The van der Waals surface area contributed by atoms with Crippen molar-refractivity contribution in [3.8, 4) is 0 Å². The third-order valence-corrected chi connectivity index (χ3v) is 10.1. The second-order valence-electron chi connectivity index (χ2n) is 11.4. The van der Waals surface area contributed by atoms with E-state index in [1.54, 1.807) is 19.9 Å². The van der Waals surface area contributed by atoms with E-state index < -0.39 is 27.6 Å². The van der Waals surface area contributed by atoms with Gasteiger partial charge in [-0.05, 0) is 93.9 Å². The van der Waals surface area contributed by atoms with Crippen molar-refractivity contribution in [2.45, 2.75) is 59.3 Å². The summed E-state index contributed by atoms with van der Waals surface area (Å²) in [7, 11) is -4.38. The molecule has 4 fully saturated rings. The minimum absolute atomic E-state index is 0.0808. The van der Waals surface area contributed by atoms with Gasteiger partial charge in [-0.2, -0.15) is 13.5 Å². The van der Waals surface area contributed by atoms with Gasteiger partial charge < -0.3 is 10.6 Å². The average molecular weight is 579 g/mol. The third-order valence-electron chi connectivity index (χ3n) is 8.19. The number of nitrogens with zero attached hydrogens (tertiary/aromatic N) is 3. The van der Waals surface area contributed by atoms with Crippen molar-refractivity contribution in [1.29, 1.82) is 0 Å². The van der Waals surface area contributed by atoms with Crippen LogP contribution in [0.15, 0.2) is 30.0 Å². The predicted molar refractivity (Wildman–Crippen MR) is 147 cm³/mol. The molecule has 0 atom stereocenters. The van der Waals surface area contributed by atoms with Crippen LogP contribution in [0.2, 0.25) is 5.02 Å². The SMILES string of the molecule is CCNC(=O)Nc1ccc(N2C=C(C)CN(N(NC(C)=O)C(=O)C34CC5CC(CC(C5)C3)C4)S2(=O)=O)c(Cl)c1. The molecule has 5 aliphatic rings. The van der Waals surface area contributed by atoms with Crippen LogP contribution in [-0.2, 0) is 19.8 Å². The van der Waals surface area contributed by atoms with Gasteiger partial charge in [-0.15, -0.1) is 0 Å². The second kappa shape index (κ2) is 10.3. The Morgan fingerprint density at radius 1 is 1.10 bits per heavy atom. The largest absolute Gasteiger partial charge is 0.338 e. The quantitative estimate of drug-likeness (QED) is 0.458. The van der Waals surface area contributed by atoms with Gasteiger partial charge in [0.2, 0.25) is 5.91 Å². The van der Waals surface area contributed by atoms with Gasteiger partial charge >= 0.3 is 16.2 Å². The van der Waals surface area contributed by atoms with Crippen LogP contribution in [0.1, 0.15) is 59.3 Å². The van der Waals surface area contributed by atoms with Crippen LogP contribution in [0, 0.1) is 23.2 Å². The van der Waals surface area contributed by atoms with Gasteiger partial charge in [-0.25, -0.2) is 14.5 Å². The predicted octanol–water partition coefficient (Wildman–Crippen LogP) is 3.76. The number of anilines is 2. The van der Waals surface area contributed by atoms with E-state index in [0.717, 1.165) is 33.1 Å². The van der Waals surface area contributed by atoms with Gasteiger partial charge in [0, 0.05) is 25.4 Å². The summed E-state index contributed by atoms with van der Waals surface area (Å²) in [6.07, 6.45) is 6.95. The molecule has 4 aliphatic carbocycles. The summed E-state index contributed by atoms with van der Waals surface area (Å²) in [5, 5.41) is 6.27. The van der Waals surface area contributed by atoms with E-state index in [4.69, 9.17) is 11.6 Å². The number of amides is 4. The van der Waals surface area contributed by atoms with E-state index in [-0.39, 0.29) is 23.2 Å². The minimum atomic E-state index is -4.38. The van der Waals surface area contributed by atoms with Gasteiger partial charge in [0.15, 0.2) is 0 Å². The molecule has 3 N–H and O–H groups in total. The highest BCUT2D eigenvalue weighted by Crippen LogP contribution is 2.60. The molecule has 4 saturated carbocycles. The summed E-state index contributed by atoms with van der Waals surface area (Å²) in [4.78, 5) is 38.4. The highest BCUT2D eigenvalue weighted by atomic mass is 35.5. The Kier molecular flexibility index (Phi) is 7.32. The maximum Gasteiger partial charge on any atom is 0.327 e. The number of hydrazine groups is 2. The Balaban J connectivity index is 1.47. The van der Waals surface area contributed by atoms with E-state index >= 15 is 0 Å². The van der Waals surface area contributed by atoms with Crippen LogP contribution < -0.4 is 20.4 Å². The minimum Gasteiger partial charge on any atom is -0.338 e. The zero-order valence-corrected chi connectivity index (χ0v) is 23.9. The van der Waals surface area contributed by atoms with Crippen molar-refractivity contribution in [3.63, 3.8) is 0 Å². The van der Waals surface area contributed by atoms with Crippen LogP contribution in [0.3, 0.4) is 0 Å². The summed E-state index contributed by atoms with van der Waals surface area (Å²) in [6, 6.07) is 4.07. The molecule has 0 aromatic heterocycles. The first-order chi connectivity index (χ1) is 18.4. The number of carbonyl (C=O) groups is 3. The van der Waals surface area contributed by atoms with E-state index in [1.165, 1.54) is 25.3 Å². The van der Waals surface area contributed by atoms with Crippen LogP contribution in [0.5, 0.6) is 0 Å². The lowest BCUT2D eigenvalue weighted by Crippen LogP contribution is -2.66. The highest BCUT2D eigenvalue weighted by molar-refractivity contribution is 7.90. The van der Waals surface area contributed by atoms with Crippen molar-refractivity contribution >= 4 is 51.0 Å². The highest BCUT2D eigenvalue weighted by Gasteiger charge is 2.57. The zero-order chi connectivity index (χ0) is 28.1. The number of hydrogen-bond donors (Lipinski definition) is 3. The molecule has 0 unspecified atom stereocenters. The molecule has 0 radical (unpaired) electrons. The lowest BCUT2D eigenvalue weighted by atomic mass is 9.49. The first-order valence-electron chi connectivity index (χ1n) is 13.4. The number of urea groups is 1. The lowest BCUT2D eigenvalue weighted by molar-refractivity contribution is -0.176. The van der Waals surface area contributed by atoms with Crippen molar-refractivity contribution in [3.05, 3.63) is 35.0 Å². The summed E-state index contributed by atoms with van der Waals surface area (Å²) >= 11 is 6.51. The van der Waals surface area contributed by atoms with Crippen molar-refractivity contribution in [2.24, 2.45) is 23.2 Å². The van der Waals surface area contributed by atoms with Crippen molar-refractivity contribution in [2.75, 3.05) is 22.7 Å². The summed E-state index contributed by atoms with van der Waals surface area (Å²) < 4.78 is 30.0. The maximum atomic E-state index is 14.2. The van der Waals surface area contributed by atoms with Gasteiger partial charge in [0.25, 0.3) is 5.91 Å². The van der Waals surface area contributed by atoms with Crippen molar-refractivity contribution in [1.82, 2.24) is 20.3 Å². The molecule has 0 saturated heterocycles. The Labute approximate surface area is 234 Å². The molecule has 0 spiro atoms. The molecule has 1 heterocycles. The molecule has 6 rings (SSSR count). The molecule has 13 heteroatoms. The van der Waals surface area contributed by atoms with Gasteiger partial charge in [-0.3, -0.25) is 9.59 Å². The van der Waals surface area contributed by atoms with Gasteiger partial charge in [0.05, 0.1) is 22.7 Å². The molecule has 212 valence electrons. The van der Waals surface area contributed by atoms with Crippen LogP contribution in [0.25, 0.3) is 0 Å². The van der Waals surface area contributed by atoms with Crippen molar-refractivity contribution < 1.29 is 22.8 Å². The number of hydrogen-bond acceptors (Lipinski definition) is 5. The summed E-state index contributed by atoms with van der Waals surface area (Å²) in [5.74, 6) is 0.464. The van der Waals surface area contributed by atoms with Crippen LogP contribution in [-0.4, -0.2) is 48.9 Å². The van der Waals surface area contributed by atoms with E-state index in [2.05, 4.69) is 16.1 Å². The standard InChI is InChI=1S/C26H35ClN6O5S/c1-4-28-25(36)29-21-5-6-23(22(27)10-21)31-14-16(2)15-32(39(31,37)38)33(30-17(3)34)24(35)26-11-18-7-19(12-26)9-20(8-18)13-26/h5-6,10,14,18-20H,4,7-9,11-13,15H2,1-3H3,(H,30,34)(H2,28,29,36). The molecular formula is C26H35ClN6O5S. The molecule has 1 aliphatic heterocycles. The topological polar surface area (TPSA) is 131 Å². The Morgan fingerprint density at radius 2 is 1.72 bits per heavy atom. The number of halogens is 1. The van der Waals surface area contributed by atoms with Gasteiger partial charge in [-0.1, -0.05) is 16.0 Å². The normalized spacial score (nSPS) is 29.0. The maximum absolute atomic E-state index is 14.2. The van der Waals surface area contributed by atoms with E-state index in [0.29, 0.717) is 54.8 Å². The number of nitrogens with one attached hydrogen (secondary N) is 3. The average Bonchev–Trinajstić information content (AvgIpc) is 2.83. The van der Waals surface area contributed by atoms with Crippen LogP contribution >= 0.6 is 11.6 Å². The number of benzene rings is 1. The fourth-order valence-corrected chi connectivity index (χ4v) is 9.06. The molecule has 1 aromatic carbocycles. The lowest BCUT2D eigenvalue weighted by Gasteiger charge is -2.56. The molecule has 4 amide bonds. The number of carbonyl (C=O) groups excluding carboxylic acids is 3. The Hall–Kier alpha value is -2.83. The molecular weight excluding hydrogens is 544 g/mol. The second-order valence-corrected chi connectivity index (χ2v) is 13.5. The summed E-state index contributed by atoms with van der Waals surface area (Å²) in [5.41, 5.74) is 3.02. The summed E-state index contributed by atoms with van der Waals surface area (Å²) in [6.45, 7) is 5.13. The molecule has 1 aromatic rings. The van der Waals surface area contributed by atoms with Gasteiger partial charge in [0.1, 0.15) is 0 Å². The zero-order valence-electron chi connectivity index (χ0n) is 22.4. The smallest absolute Gasteiger partial charge is 0.327 e. The molecule has 11 nitrogen and oxygen atoms in total. The fourth-order valence-electron chi connectivity index (χ4n) is 7.13. The monoisotopic (exact) mass is 578 g/mol. The Bertz CT molecular complexity index is 1300. The molecule has 4 bridgehead atoms. The first-order valence-corrected chi connectivity index (χ1v) is 15.1. The number of rotatable bonds is 5. The molecule has 39 heavy (non-hydrogen) atoms. The van der Waals surface area contributed by atoms with E-state index in [9.17, 15) is 22.8 Å². The first kappa shape index (κ1) is 27.7.